The Labute approximate surface area is 90.5 Å². The highest BCUT2D eigenvalue weighted by Crippen LogP contribution is 1.88. The van der Waals surface area contributed by atoms with E-state index in [-0.39, 0.29) is 6.54 Å². The molecule has 1 aromatic heterocycles. The third-order valence-electron chi connectivity index (χ3n) is 2.13. The van der Waals surface area contributed by atoms with Gasteiger partial charge in [-0.2, -0.15) is 0 Å². The quantitative estimate of drug-likeness (QED) is 0.630. The molecule has 16 heavy (non-hydrogen) atoms. The first-order chi connectivity index (χ1) is 7.41. The van der Waals surface area contributed by atoms with Crippen molar-refractivity contribution in [3.8, 4) is 0 Å². The summed E-state index contributed by atoms with van der Waals surface area (Å²) < 4.78 is 2.18. The fourth-order valence-corrected chi connectivity index (χ4v) is 1.32. The molecule has 1 aromatic rings. The van der Waals surface area contributed by atoms with E-state index >= 15 is 0 Å². The number of hydrogen-bond donors (Lipinski definition) is 1. The largest absolute Gasteiger partial charge is 0.373 e. The molecule has 1 heterocycles. The van der Waals surface area contributed by atoms with Crippen molar-refractivity contribution in [2.45, 2.75) is 19.7 Å². The molecule has 0 radical (unpaired) electrons. The van der Waals surface area contributed by atoms with Gasteiger partial charge < -0.3 is 5.11 Å². The van der Waals surface area contributed by atoms with Gasteiger partial charge in [0.25, 0.3) is 0 Å². The predicted molar refractivity (Wildman–Crippen MR) is 57.3 cm³/mol. The van der Waals surface area contributed by atoms with Crippen molar-refractivity contribution in [3.63, 3.8) is 0 Å². The van der Waals surface area contributed by atoms with Crippen LogP contribution in [0.25, 0.3) is 0 Å². The number of hydrogen-bond acceptors (Lipinski definition) is 4. The van der Waals surface area contributed by atoms with Crippen LogP contribution in [0, 0.1) is 0 Å². The predicted octanol–water partition coefficient (Wildman–Crippen LogP) is -1.59. The molecule has 7 heteroatoms. The average molecular weight is 227 g/mol. The van der Waals surface area contributed by atoms with Crippen molar-refractivity contribution in [3.05, 3.63) is 44.1 Å². The number of aliphatic hydroxyl groups excluding tert-OH is 1. The normalized spacial score (nSPS) is 12.4. The zero-order valence-electron chi connectivity index (χ0n) is 9.08. The summed E-state index contributed by atoms with van der Waals surface area (Å²) in [6.45, 7) is 4.66. The molecule has 0 amide bonds. The van der Waals surface area contributed by atoms with E-state index in [1.807, 2.05) is 0 Å². The summed E-state index contributed by atoms with van der Waals surface area (Å²) in [4.78, 5) is 34.8. The Morgan fingerprint density at radius 1 is 1.31 bits per heavy atom. The number of rotatable bonds is 3. The maximum absolute atomic E-state index is 11.7. The van der Waals surface area contributed by atoms with Crippen LogP contribution in [-0.2, 0) is 13.6 Å². The summed E-state index contributed by atoms with van der Waals surface area (Å²) in [5.41, 5.74) is -2.42. The highest BCUT2D eigenvalue weighted by molar-refractivity contribution is 4.81. The Morgan fingerprint density at radius 2 is 1.88 bits per heavy atom. The van der Waals surface area contributed by atoms with Gasteiger partial charge in [-0.05, 0) is 6.92 Å². The molecule has 0 aliphatic rings. The van der Waals surface area contributed by atoms with E-state index in [9.17, 15) is 19.5 Å². The third kappa shape index (κ3) is 1.76. The van der Waals surface area contributed by atoms with Crippen molar-refractivity contribution in [1.82, 2.24) is 13.7 Å². The van der Waals surface area contributed by atoms with Crippen LogP contribution in [-0.4, -0.2) is 18.8 Å². The lowest BCUT2D eigenvalue weighted by Crippen LogP contribution is -2.54. The van der Waals surface area contributed by atoms with Crippen LogP contribution >= 0.6 is 0 Å². The van der Waals surface area contributed by atoms with Gasteiger partial charge in [0.15, 0.2) is 0 Å². The average Bonchev–Trinajstić information content (AvgIpc) is 2.21. The summed E-state index contributed by atoms with van der Waals surface area (Å²) in [5, 5.41) is 9.30. The van der Waals surface area contributed by atoms with E-state index in [0.717, 1.165) is 9.13 Å². The van der Waals surface area contributed by atoms with Crippen LogP contribution in [0.15, 0.2) is 27.0 Å². The Bertz CT molecular complexity index is 576. The molecule has 0 spiro atoms. The third-order valence-corrected chi connectivity index (χ3v) is 2.13. The van der Waals surface area contributed by atoms with Crippen LogP contribution in [0.4, 0.5) is 0 Å². The second-order valence-electron chi connectivity index (χ2n) is 3.31. The minimum absolute atomic E-state index is 0.0154. The molecule has 1 unspecified atom stereocenters. The van der Waals surface area contributed by atoms with Gasteiger partial charge in [0.1, 0.15) is 6.23 Å². The first-order valence-electron chi connectivity index (χ1n) is 4.63. The number of aliphatic hydroxyl groups is 1. The lowest BCUT2D eigenvalue weighted by atomic mass is 10.6. The zero-order valence-corrected chi connectivity index (χ0v) is 9.08. The Hall–Kier alpha value is -1.89. The SMILES string of the molecule is C=CCn1c(=O)n(C)c(=O)n(C(C)O)c1=O. The van der Waals surface area contributed by atoms with E-state index in [4.69, 9.17) is 0 Å². The summed E-state index contributed by atoms with van der Waals surface area (Å²) in [7, 11) is 1.24. The fraction of sp³-hybridized carbons (Fsp3) is 0.444. The van der Waals surface area contributed by atoms with Gasteiger partial charge >= 0.3 is 17.1 Å². The van der Waals surface area contributed by atoms with Crippen molar-refractivity contribution in [2.24, 2.45) is 7.05 Å². The smallest absolute Gasteiger partial charge is 0.338 e. The first-order valence-corrected chi connectivity index (χ1v) is 4.63. The van der Waals surface area contributed by atoms with Crippen LogP contribution < -0.4 is 17.1 Å². The van der Waals surface area contributed by atoms with Crippen LogP contribution in [0.2, 0.25) is 0 Å². The lowest BCUT2D eigenvalue weighted by molar-refractivity contribution is 0.108. The summed E-state index contributed by atoms with van der Waals surface area (Å²) >= 11 is 0. The molecule has 7 nitrogen and oxygen atoms in total. The van der Waals surface area contributed by atoms with Gasteiger partial charge in [0, 0.05) is 7.05 Å². The minimum Gasteiger partial charge on any atom is -0.373 e. The number of aromatic nitrogens is 3. The van der Waals surface area contributed by atoms with Crippen molar-refractivity contribution < 1.29 is 5.11 Å². The Balaban J connectivity index is 3.80. The molecular weight excluding hydrogens is 214 g/mol. The van der Waals surface area contributed by atoms with E-state index < -0.39 is 23.3 Å². The molecule has 0 aromatic carbocycles. The van der Waals surface area contributed by atoms with Gasteiger partial charge in [-0.3, -0.25) is 0 Å². The molecule has 0 fully saturated rings. The molecule has 0 aliphatic carbocycles. The van der Waals surface area contributed by atoms with E-state index in [1.54, 1.807) is 0 Å². The summed E-state index contributed by atoms with van der Waals surface area (Å²) in [5.74, 6) is 0. The lowest BCUT2D eigenvalue weighted by Gasteiger charge is -2.11. The van der Waals surface area contributed by atoms with Crippen molar-refractivity contribution in [2.75, 3.05) is 0 Å². The molecule has 1 N–H and O–H groups in total. The van der Waals surface area contributed by atoms with Gasteiger partial charge in [0.05, 0.1) is 6.54 Å². The van der Waals surface area contributed by atoms with Crippen LogP contribution in [0.3, 0.4) is 0 Å². The van der Waals surface area contributed by atoms with Crippen LogP contribution in [0.1, 0.15) is 13.2 Å². The Kier molecular flexibility index (Phi) is 3.28. The van der Waals surface area contributed by atoms with Gasteiger partial charge in [-0.15, -0.1) is 6.58 Å². The standard InChI is InChI=1S/C9H13N3O4/c1-4-5-11-7(14)10(3)8(15)12(6(2)13)9(11)16/h4,6,13H,1,5H2,2-3H3. The molecule has 88 valence electrons. The number of allylic oxidation sites excluding steroid dienone is 1. The molecule has 1 rings (SSSR count). The second kappa shape index (κ2) is 4.31. The summed E-state index contributed by atoms with van der Waals surface area (Å²) in [6.07, 6.45) is 0.0718. The molecule has 0 saturated heterocycles. The number of nitrogens with zero attached hydrogens (tertiary/aromatic N) is 3. The highest BCUT2D eigenvalue weighted by Gasteiger charge is 2.14. The van der Waals surface area contributed by atoms with Gasteiger partial charge in [0.2, 0.25) is 0 Å². The monoisotopic (exact) mass is 227 g/mol. The van der Waals surface area contributed by atoms with Crippen LogP contribution in [0.5, 0.6) is 0 Å². The fourth-order valence-electron chi connectivity index (χ4n) is 1.32. The highest BCUT2D eigenvalue weighted by atomic mass is 16.3. The van der Waals surface area contributed by atoms with E-state index in [1.165, 1.54) is 20.0 Å². The minimum atomic E-state index is -1.29. The molecule has 1 atom stereocenters. The Morgan fingerprint density at radius 3 is 2.31 bits per heavy atom. The van der Waals surface area contributed by atoms with Crippen molar-refractivity contribution >= 4 is 0 Å². The maximum atomic E-state index is 11.7. The maximum Gasteiger partial charge on any atom is 0.338 e. The van der Waals surface area contributed by atoms with E-state index in [2.05, 4.69) is 6.58 Å². The molecule has 0 bridgehead atoms. The van der Waals surface area contributed by atoms with E-state index in [0.29, 0.717) is 4.57 Å². The second-order valence-corrected chi connectivity index (χ2v) is 3.31. The van der Waals surface area contributed by atoms with Crippen molar-refractivity contribution in [1.29, 1.82) is 0 Å². The van der Waals surface area contributed by atoms with Gasteiger partial charge in [-0.1, -0.05) is 6.08 Å². The molecule has 0 aliphatic heterocycles. The van der Waals surface area contributed by atoms with Gasteiger partial charge in [-0.25, -0.2) is 28.1 Å². The zero-order chi connectivity index (χ0) is 12.5. The first kappa shape index (κ1) is 12.2. The summed E-state index contributed by atoms with van der Waals surface area (Å²) in [6, 6.07) is 0. The molecule has 0 saturated carbocycles. The topological polar surface area (TPSA) is 86.2 Å². The molecular formula is C9H13N3O4.